The SMILES string of the molecule is CCOC(=O)[C@H](Cc1ccccc1)N(Cc1ccccc1)Cc1ccccc1. The summed E-state index contributed by atoms with van der Waals surface area (Å²) in [5.74, 6) is -0.168. The summed E-state index contributed by atoms with van der Waals surface area (Å²) in [5, 5.41) is 0. The molecule has 0 unspecified atom stereocenters. The van der Waals surface area contributed by atoms with Crippen molar-refractivity contribution in [1.29, 1.82) is 0 Å². The number of nitrogens with zero attached hydrogens (tertiary/aromatic N) is 1. The predicted molar refractivity (Wildman–Crippen MR) is 113 cm³/mol. The van der Waals surface area contributed by atoms with Gasteiger partial charge >= 0.3 is 5.97 Å². The lowest BCUT2D eigenvalue weighted by Gasteiger charge is -2.30. The molecular weight excluding hydrogens is 346 g/mol. The zero-order valence-electron chi connectivity index (χ0n) is 16.3. The van der Waals surface area contributed by atoms with Crippen molar-refractivity contribution in [3.8, 4) is 0 Å². The number of hydrogen-bond donors (Lipinski definition) is 0. The van der Waals surface area contributed by atoms with Crippen LogP contribution in [0.3, 0.4) is 0 Å². The highest BCUT2D eigenvalue weighted by atomic mass is 16.5. The quantitative estimate of drug-likeness (QED) is 0.502. The first-order chi connectivity index (χ1) is 13.8. The molecule has 0 heterocycles. The highest BCUT2D eigenvalue weighted by molar-refractivity contribution is 5.76. The second-order valence-corrected chi connectivity index (χ2v) is 6.83. The topological polar surface area (TPSA) is 29.5 Å². The van der Waals surface area contributed by atoms with Gasteiger partial charge in [0.15, 0.2) is 0 Å². The first-order valence-corrected chi connectivity index (χ1v) is 9.78. The van der Waals surface area contributed by atoms with Gasteiger partial charge in [-0.05, 0) is 30.0 Å². The van der Waals surface area contributed by atoms with Crippen LogP contribution < -0.4 is 0 Å². The van der Waals surface area contributed by atoms with Crippen molar-refractivity contribution < 1.29 is 9.53 Å². The summed E-state index contributed by atoms with van der Waals surface area (Å²) >= 11 is 0. The molecule has 28 heavy (non-hydrogen) atoms. The van der Waals surface area contributed by atoms with Gasteiger partial charge in [-0.3, -0.25) is 9.69 Å². The first-order valence-electron chi connectivity index (χ1n) is 9.78. The summed E-state index contributed by atoms with van der Waals surface area (Å²) in [6, 6.07) is 30.4. The summed E-state index contributed by atoms with van der Waals surface area (Å²) in [6.07, 6.45) is 0.624. The zero-order valence-corrected chi connectivity index (χ0v) is 16.3. The van der Waals surface area contributed by atoms with Crippen LogP contribution in [0, 0.1) is 0 Å². The molecule has 0 radical (unpaired) electrons. The molecule has 0 aliphatic carbocycles. The van der Waals surface area contributed by atoms with Crippen molar-refractivity contribution >= 4 is 5.97 Å². The van der Waals surface area contributed by atoms with E-state index in [0.717, 1.165) is 5.56 Å². The van der Waals surface area contributed by atoms with Crippen LogP contribution in [0.2, 0.25) is 0 Å². The molecular formula is C25H27NO2. The average Bonchev–Trinajstić information content (AvgIpc) is 2.74. The number of benzene rings is 3. The van der Waals surface area contributed by atoms with E-state index in [4.69, 9.17) is 4.74 Å². The van der Waals surface area contributed by atoms with Crippen molar-refractivity contribution in [2.24, 2.45) is 0 Å². The van der Waals surface area contributed by atoms with Crippen LogP contribution in [0.1, 0.15) is 23.6 Å². The van der Waals surface area contributed by atoms with Gasteiger partial charge in [0.25, 0.3) is 0 Å². The number of carbonyl (C=O) groups excluding carboxylic acids is 1. The fourth-order valence-corrected chi connectivity index (χ4v) is 3.35. The first kappa shape index (κ1) is 19.8. The van der Waals surface area contributed by atoms with Crippen LogP contribution in [0.4, 0.5) is 0 Å². The number of carbonyl (C=O) groups is 1. The molecule has 3 nitrogen and oxygen atoms in total. The maximum Gasteiger partial charge on any atom is 0.323 e. The van der Waals surface area contributed by atoms with Gasteiger partial charge < -0.3 is 4.74 Å². The van der Waals surface area contributed by atoms with E-state index in [0.29, 0.717) is 26.1 Å². The Labute approximate surface area is 167 Å². The van der Waals surface area contributed by atoms with E-state index in [1.54, 1.807) is 0 Å². The Morgan fingerprint density at radius 1 is 0.750 bits per heavy atom. The third kappa shape index (κ3) is 5.80. The minimum absolute atomic E-state index is 0.168. The fourth-order valence-electron chi connectivity index (χ4n) is 3.35. The Hall–Kier alpha value is -2.91. The Morgan fingerprint density at radius 2 is 1.18 bits per heavy atom. The van der Waals surface area contributed by atoms with Crippen molar-refractivity contribution in [2.45, 2.75) is 32.5 Å². The summed E-state index contributed by atoms with van der Waals surface area (Å²) in [5.41, 5.74) is 3.49. The molecule has 0 aliphatic heterocycles. The number of hydrogen-bond acceptors (Lipinski definition) is 3. The second kappa shape index (κ2) is 10.4. The molecule has 0 saturated carbocycles. The highest BCUT2D eigenvalue weighted by Gasteiger charge is 2.28. The van der Waals surface area contributed by atoms with Crippen LogP contribution in [0.15, 0.2) is 91.0 Å². The van der Waals surface area contributed by atoms with Gasteiger partial charge in [0.2, 0.25) is 0 Å². The van der Waals surface area contributed by atoms with E-state index in [-0.39, 0.29) is 12.0 Å². The molecule has 0 bridgehead atoms. The molecule has 0 fully saturated rings. The third-order valence-electron chi connectivity index (χ3n) is 4.73. The Balaban J connectivity index is 1.90. The highest BCUT2D eigenvalue weighted by Crippen LogP contribution is 2.18. The third-order valence-corrected chi connectivity index (χ3v) is 4.73. The molecule has 0 N–H and O–H groups in total. The van der Waals surface area contributed by atoms with E-state index >= 15 is 0 Å². The van der Waals surface area contributed by atoms with Gasteiger partial charge in [-0.1, -0.05) is 91.0 Å². The number of rotatable bonds is 9. The number of esters is 1. The molecule has 0 amide bonds. The average molecular weight is 373 g/mol. The van der Waals surface area contributed by atoms with Crippen LogP contribution in [-0.2, 0) is 29.0 Å². The molecule has 0 saturated heterocycles. The largest absolute Gasteiger partial charge is 0.465 e. The standard InChI is InChI=1S/C25H27NO2/c1-2-28-25(27)24(18-21-12-6-3-7-13-21)26(19-22-14-8-4-9-15-22)20-23-16-10-5-11-17-23/h3-17,24H,2,18-20H2,1H3/t24-/m0/s1. The van der Waals surface area contributed by atoms with E-state index in [9.17, 15) is 4.79 Å². The minimum atomic E-state index is -0.345. The molecule has 3 rings (SSSR count). The summed E-state index contributed by atoms with van der Waals surface area (Å²) < 4.78 is 5.45. The van der Waals surface area contributed by atoms with Crippen molar-refractivity contribution in [3.05, 3.63) is 108 Å². The van der Waals surface area contributed by atoms with Gasteiger partial charge in [-0.15, -0.1) is 0 Å². The van der Waals surface area contributed by atoms with Gasteiger partial charge in [0, 0.05) is 13.1 Å². The lowest BCUT2D eigenvalue weighted by Crippen LogP contribution is -2.43. The van der Waals surface area contributed by atoms with E-state index in [1.807, 2.05) is 61.5 Å². The Bertz CT molecular complexity index is 793. The van der Waals surface area contributed by atoms with Crippen LogP contribution in [-0.4, -0.2) is 23.5 Å². The molecule has 3 aromatic carbocycles. The van der Waals surface area contributed by atoms with Crippen molar-refractivity contribution in [3.63, 3.8) is 0 Å². The molecule has 144 valence electrons. The summed E-state index contributed by atoms with van der Waals surface area (Å²) in [6.45, 7) is 3.61. The predicted octanol–water partition coefficient (Wildman–Crippen LogP) is 4.86. The summed E-state index contributed by atoms with van der Waals surface area (Å²) in [4.78, 5) is 15.1. The monoisotopic (exact) mass is 373 g/mol. The van der Waals surface area contributed by atoms with Gasteiger partial charge in [0.05, 0.1) is 6.61 Å². The lowest BCUT2D eigenvalue weighted by molar-refractivity contribution is -0.150. The molecule has 1 atom stereocenters. The molecule has 0 spiro atoms. The van der Waals surface area contributed by atoms with Crippen molar-refractivity contribution in [1.82, 2.24) is 4.90 Å². The van der Waals surface area contributed by atoms with Gasteiger partial charge in [-0.2, -0.15) is 0 Å². The smallest absolute Gasteiger partial charge is 0.323 e. The van der Waals surface area contributed by atoms with Crippen LogP contribution in [0.5, 0.6) is 0 Å². The van der Waals surface area contributed by atoms with Crippen molar-refractivity contribution in [2.75, 3.05) is 6.61 Å². The molecule has 0 aromatic heterocycles. The Morgan fingerprint density at radius 3 is 1.61 bits per heavy atom. The van der Waals surface area contributed by atoms with Crippen LogP contribution >= 0.6 is 0 Å². The lowest BCUT2D eigenvalue weighted by atomic mass is 10.0. The van der Waals surface area contributed by atoms with E-state index in [2.05, 4.69) is 41.3 Å². The maximum absolute atomic E-state index is 12.9. The van der Waals surface area contributed by atoms with E-state index < -0.39 is 0 Å². The fraction of sp³-hybridized carbons (Fsp3) is 0.240. The molecule has 3 aromatic rings. The zero-order chi connectivity index (χ0) is 19.6. The van der Waals surface area contributed by atoms with E-state index in [1.165, 1.54) is 11.1 Å². The molecule has 0 aliphatic rings. The normalized spacial score (nSPS) is 11.9. The molecule has 3 heteroatoms. The summed E-state index contributed by atoms with van der Waals surface area (Å²) in [7, 11) is 0. The second-order valence-electron chi connectivity index (χ2n) is 6.83. The van der Waals surface area contributed by atoms with Gasteiger partial charge in [-0.25, -0.2) is 0 Å². The number of ether oxygens (including phenoxy) is 1. The Kier molecular flexibility index (Phi) is 7.39. The van der Waals surface area contributed by atoms with Gasteiger partial charge in [0.1, 0.15) is 6.04 Å². The maximum atomic E-state index is 12.9. The minimum Gasteiger partial charge on any atom is -0.465 e. The van der Waals surface area contributed by atoms with Crippen LogP contribution in [0.25, 0.3) is 0 Å².